The first kappa shape index (κ1) is 33.3. The number of phenols is 1. The normalized spacial score (nSPS) is 27.9. The number of nitrogens with zero attached hydrogens (tertiary/aromatic N) is 3. The molecule has 3 heterocycles. The van der Waals surface area contributed by atoms with Crippen LogP contribution in [-0.4, -0.2) is 50.6 Å². The lowest BCUT2D eigenvalue weighted by atomic mass is 9.56. The highest BCUT2D eigenvalue weighted by molar-refractivity contribution is 6.58. The van der Waals surface area contributed by atoms with E-state index in [9.17, 15) is 28.7 Å². The number of hydrogen-bond donors (Lipinski definition) is 1. The molecule has 6 atom stereocenters. The van der Waals surface area contributed by atoms with Gasteiger partial charge in [-0.05, 0) is 85.5 Å². The molecule has 1 aromatic heterocycles. The molecule has 2 aliphatic carbocycles. The molecule has 4 aromatic carbocycles. The summed E-state index contributed by atoms with van der Waals surface area (Å²) < 4.78 is 25.2. The molecule has 5 aromatic rings. The average Bonchev–Trinajstić information content (AvgIpc) is 3.75. The molecule has 4 aliphatic rings. The first-order valence-electron chi connectivity index (χ1n) is 16.9. The van der Waals surface area contributed by atoms with Crippen molar-refractivity contribution in [3.05, 3.63) is 114 Å². The maximum Gasteiger partial charge on any atom is 0.258 e. The Bertz CT molecular complexity index is 2400. The fraction of sp³-hybridized carbons (Fsp3) is 0.225. The number of allylic oxidation sites excluding steroid dienone is 2. The van der Waals surface area contributed by atoms with Crippen molar-refractivity contribution in [2.45, 2.75) is 28.5 Å². The second kappa shape index (κ2) is 11.7. The molecule has 266 valence electrons. The van der Waals surface area contributed by atoms with Gasteiger partial charge in [0.2, 0.25) is 17.7 Å². The predicted octanol–water partition coefficient (Wildman–Crippen LogP) is 7.12. The molecule has 0 spiro atoms. The predicted molar refractivity (Wildman–Crippen MR) is 193 cm³/mol. The molecule has 53 heavy (non-hydrogen) atoms. The van der Waals surface area contributed by atoms with E-state index in [4.69, 9.17) is 32.4 Å². The van der Waals surface area contributed by atoms with E-state index in [1.54, 1.807) is 42.5 Å². The number of phenolic OH excluding ortho intramolecular Hbond substituents is 1. The summed E-state index contributed by atoms with van der Waals surface area (Å²) in [7, 11) is 1.37. The van der Waals surface area contributed by atoms with E-state index < -0.39 is 62.9 Å². The van der Waals surface area contributed by atoms with Gasteiger partial charge in [0, 0.05) is 17.0 Å². The van der Waals surface area contributed by atoms with E-state index in [-0.39, 0.29) is 35.6 Å². The molecular formula is C40H28Cl2FN3O7. The van der Waals surface area contributed by atoms with Crippen LogP contribution in [0.5, 0.6) is 11.5 Å². The van der Waals surface area contributed by atoms with Crippen molar-refractivity contribution in [2.24, 2.45) is 17.8 Å². The zero-order valence-corrected chi connectivity index (χ0v) is 29.3. The highest BCUT2D eigenvalue weighted by Crippen LogP contribution is 2.67. The Labute approximate surface area is 311 Å². The third kappa shape index (κ3) is 4.53. The second-order valence-corrected chi connectivity index (χ2v) is 14.9. The third-order valence-corrected chi connectivity index (χ3v) is 12.5. The summed E-state index contributed by atoms with van der Waals surface area (Å²) >= 11 is 14.8. The second-order valence-electron chi connectivity index (χ2n) is 13.7. The van der Waals surface area contributed by atoms with E-state index in [1.165, 1.54) is 25.3 Å². The summed E-state index contributed by atoms with van der Waals surface area (Å²) in [6.45, 7) is 0. The number of hydrogen-bond acceptors (Lipinski definition) is 8. The molecular weight excluding hydrogens is 724 g/mol. The molecule has 1 saturated carbocycles. The lowest BCUT2D eigenvalue weighted by Crippen LogP contribution is -2.60. The summed E-state index contributed by atoms with van der Waals surface area (Å²) in [5.74, 6) is -6.89. The first-order chi connectivity index (χ1) is 25.5. The number of methoxy groups -OCH3 is 1. The van der Waals surface area contributed by atoms with E-state index in [0.29, 0.717) is 33.8 Å². The maximum atomic E-state index is 14.6. The summed E-state index contributed by atoms with van der Waals surface area (Å²) in [6.07, 6.45) is 1.64. The Balaban J connectivity index is 1.13. The summed E-state index contributed by atoms with van der Waals surface area (Å²) in [5, 5.41) is 11.5. The van der Waals surface area contributed by atoms with E-state index in [1.807, 2.05) is 24.3 Å². The van der Waals surface area contributed by atoms with Crippen LogP contribution < -0.4 is 14.5 Å². The van der Waals surface area contributed by atoms with Gasteiger partial charge in [0.25, 0.3) is 11.8 Å². The Kier molecular flexibility index (Phi) is 7.38. The molecule has 3 fully saturated rings. The molecule has 4 amide bonds. The number of benzene rings is 4. The number of aromatic nitrogens is 1. The Hall–Kier alpha value is -5.52. The van der Waals surface area contributed by atoms with Gasteiger partial charge in [-0.1, -0.05) is 35.9 Å². The molecule has 9 rings (SSSR count). The summed E-state index contributed by atoms with van der Waals surface area (Å²) in [6, 6.07) is 23.5. The number of carbonyl (C=O) groups is 4. The number of rotatable bonds is 5. The number of oxazole rings is 1. The van der Waals surface area contributed by atoms with Crippen molar-refractivity contribution < 1.29 is 37.8 Å². The fourth-order valence-corrected chi connectivity index (χ4v) is 9.61. The highest BCUT2D eigenvalue weighted by Gasteiger charge is 2.77. The monoisotopic (exact) mass is 751 g/mol. The van der Waals surface area contributed by atoms with Crippen LogP contribution in [0, 0.1) is 23.6 Å². The standard InChI is InChI=1S/C40H28Cl2FN3O7/c1-52-30-8-4-5-26(33(30)47)32-24-17-18-25-31(27(24)19-39(41)37(50)46(38(51)40(32,39)42)23-15-11-21(43)12-16-23)36(49)45(35(25)48)22-13-9-20(10-14-22)34-44-28-6-2-3-7-29(28)53-34/h2-17,25,27,31-32,47H,18-19H2,1H3. The van der Waals surface area contributed by atoms with Crippen LogP contribution in [0.1, 0.15) is 24.3 Å². The highest BCUT2D eigenvalue weighted by atomic mass is 35.5. The number of imide groups is 2. The number of carbonyl (C=O) groups excluding carboxylic acids is 4. The Morgan fingerprint density at radius 3 is 2.26 bits per heavy atom. The maximum absolute atomic E-state index is 14.6. The van der Waals surface area contributed by atoms with Crippen LogP contribution in [-0.2, 0) is 19.2 Å². The van der Waals surface area contributed by atoms with Crippen LogP contribution in [0.3, 0.4) is 0 Å². The topological polar surface area (TPSA) is 130 Å². The number of alkyl halides is 2. The zero-order chi connectivity index (χ0) is 37.0. The van der Waals surface area contributed by atoms with Crippen LogP contribution in [0.15, 0.2) is 107 Å². The van der Waals surface area contributed by atoms with Gasteiger partial charge in [-0.25, -0.2) is 14.3 Å². The van der Waals surface area contributed by atoms with Crippen LogP contribution in [0.2, 0.25) is 0 Å². The van der Waals surface area contributed by atoms with Crippen molar-refractivity contribution in [1.82, 2.24) is 4.98 Å². The van der Waals surface area contributed by atoms with Gasteiger partial charge < -0.3 is 14.3 Å². The molecule has 1 N–H and O–H groups in total. The van der Waals surface area contributed by atoms with Gasteiger partial charge in [0.1, 0.15) is 11.3 Å². The minimum absolute atomic E-state index is 0.0545. The quantitative estimate of drug-likeness (QED) is 0.114. The molecule has 0 radical (unpaired) electrons. The van der Waals surface area contributed by atoms with Crippen molar-refractivity contribution in [3.8, 4) is 23.0 Å². The number of amides is 4. The van der Waals surface area contributed by atoms with Crippen LogP contribution in [0.4, 0.5) is 15.8 Å². The number of aromatic hydroxyl groups is 1. The van der Waals surface area contributed by atoms with Gasteiger partial charge in [-0.3, -0.25) is 24.1 Å². The minimum atomic E-state index is -2.20. The largest absolute Gasteiger partial charge is 0.504 e. The Morgan fingerprint density at radius 2 is 1.55 bits per heavy atom. The number of anilines is 2. The molecule has 2 saturated heterocycles. The van der Waals surface area contributed by atoms with Gasteiger partial charge in [0.15, 0.2) is 26.8 Å². The van der Waals surface area contributed by atoms with E-state index >= 15 is 0 Å². The van der Waals surface area contributed by atoms with Gasteiger partial charge in [-0.15, -0.1) is 23.2 Å². The molecule has 10 nitrogen and oxygen atoms in total. The van der Waals surface area contributed by atoms with Gasteiger partial charge in [-0.2, -0.15) is 0 Å². The SMILES string of the molecule is COc1cccc(C2C3=CCC4C(=O)N(c5ccc(-c6nc7ccccc7o6)cc5)C(=O)C4C3CC3(Cl)C(=O)N(c4ccc(F)cc4)C(=O)C23Cl)c1O. The summed E-state index contributed by atoms with van der Waals surface area (Å²) in [5.41, 5.74) is 3.02. The molecule has 13 heteroatoms. The van der Waals surface area contributed by atoms with Crippen LogP contribution in [0.25, 0.3) is 22.6 Å². The number of para-hydroxylation sites is 3. The van der Waals surface area contributed by atoms with E-state index in [2.05, 4.69) is 4.98 Å². The average molecular weight is 753 g/mol. The smallest absolute Gasteiger partial charge is 0.258 e. The van der Waals surface area contributed by atoms with E-state index in [0.717, 1.165) is 21.9 Å². The first-order valence-corrected chi connectivity index (χ1v) is 17.7. The van der Waals surface area contributed by atoms with Crippen LogP contribution >= 0.6 is 23.2 Å². The van der Waals surface area contributed by atoms with Crippen molar-refractivity contribution in [2.75, 3.05) is 16.9 Å². The van der Waals surface area contributed by atoms with Gasteiger partial charge >= 0.3 is 0 Å². The molecule has 6 unspecified atom stereocenters. The zero-order valence-electron chi connectivity index (χ0n) is 27.8. The minimum Gasteiger partial charge on any atom is -0.504 e. The number of halogens is 3. The third-order valence-electron chi connectivity index (χ3n) is 11.1. The van der Waals surface area contributed by atoms with Crippen molar-refractivity contribution in [1.29, 1.82) is 0 Å². The lowest BCUT2D eigenvalue weighted by Gasteiger charge is -2.50. The summed E-state index contributed by atoms with van der Waals surface area (Å²) in [4.78, 5) is 59.8. The number of ether oxygens (including phenoxy) is 1. The van der Waals surface area contributed by atoms with Crippen molar-refractivity contribution >= 4 is 69.3 Å². The fourth-order valence-electron chi connectivity index (χ4n) is 8.68. The van der Waals surface area contributed by atoms with Crippen molar-refractivity contribution in [3.63, 3.8) is 0 Å². The number of fused-ring (bicyclic) bond motifs is 5. The Morgan fingerprint density at radius 1 is 0.849 bits per heavy atom. The molecule has 2 aliphatic heterocycles. The molecule has 0 bridgehead atoms. The lowest BCUT2D eigenvalue weighted by molar-refractivity contribution is -0.125. The van der Waals surface area contributed by atoms with Gasteiger partial charge in [0.05, 0.1) is 30.3 Å².